The van der Waals surface area contributed by atoms with E-state index in [1.165, 1.54) is 0 Å². The maximum Gasteiger partial charge on any atom is 0.186 e. The molecule has 5 unspecified atom stereocenters. The Morgan fingerprint density at radius 3 is 2.42 bits per heavy atom. The Labute approximate surface area is 152 Å². The normalized spacial score (nSPS) is 29.1. The highest BCUT2D eigenvalue weighted by atomic mass is 16.7. The molecule has 0 amide bonds. The second-order valence-corrected chi connectivity index (χ2v) is 5.87. The van der Waals surface area contributed by atoms with E-state index in [9.17, 15) is 15.3 Å². The molecule has 1 fully saturated rings. The van der Waals surface area contributed by atoms with E-state index in [4.69, 9.17) is 24.1 Å². The van der Waals surface area contributed by atoms with Crippen LogP contribution in [0.1, 0.15) is 12.0 Å². The molecule has 1 heterocycles. The first-order chi connectivity index (χ1) is 12.5. The fraction of sp³-hybridized carbons (Fsp3) is 0.556. The third kappa shape index (κ3) is 4.94. The van der Waals surface area contributed by atoms with Crippen molar-refractivity contribution < 1.29 is 39.4 Å². The summed E-state index contributed by atoms with van der Waals surface area (Å²) in [4.78, 5) is 0. The van der Waals surface area contributed by atoms with Crippen molar-refractivity contribution in [3.05, 3.63) is 29.8 Å². The number of ether oxygens (including phenoxy) is 4. The van der Waals surface area contributed by atoms with Crippen LogP contribution < -0.4 is 9.47 Å². The number of aliphatic hydroxyl groups excluding tert-OH is 4. The summed E-state index contributed by atoms with van der Waals surface area (Å²) in [5, 5.41) is 38.4. The molecule has 1 aromatic rings. The second-order valence-electron chi connectivity index (χ2n) is 5.87. The van der Waals surface area contributed by atoms with Crippen molar-refractivity contribution in [2.45, 2.75) is 37.1 Å². The molecule has 0 spiro atoms. The van der Waals surface area contributed by atoms with Gasteiger partial charge in [-0.25, -0.2) is 0 Å². The molecule has 1 aliphatic heterocycles. The number of rotatable bonds is 8. The Hall–Kier alpha value is -1.68. The van der Waals surface area contributed by atoms with Crippen LogP contribution in [0.25, 0.3) is 6.08 Å². The van der Waals surface area contributed by atoms with Gasteiger partial charge < -0.3 is 39.4 Å². The van der Waals surface area contributed by atoms with Gasteiger partial charge in [0.1, 0.15) is 24.4 Å². The van der Waals surface area contributed by atoms with Crippen LogP contribution in [0.2, 0.25) is 0 Å². The average Bonchev–Trinajstić information content (AvgIpc) is 2.67. The zero-order valence-corrected chi connectivity index (χ0v) is 14.8. The van der Waals surface area contributed by atoms with Crippen LogP contribution in [0, 0.1) is 0 Å². The summed E-state index contributed by atoms with van der Waals surface area (Å²) in [6, 6.07) is 5.53. The highest BCUT2D eigenvalue weighted by Crippen LogP contribution is 2.28. The molecule has 8 heteroatoms. The highest BCUT2D eigenvalue weighted by molar-refractivity contribution is 5.55. The van der Waals surface area contributed by atoms with E-state index in [0.717, 1.165) is 5.56 Å². The maximum atomic E-state index is 9.88. The molecule has 1 saturated heterocycles. The molecule has 0 bridgehead atoms. The highest BCUT2D eigenvalue weighted by Gasteiger charge is 2.43. The molecule has 4 N–H and O–H groups in total. The standard InChI is InChI=1S/C18H26O8/c1-23-12-7-6-11(9-13(12)24-2)5-3-4-8-25-18-17(22)16(21)15(20)14(10-19)26-18/h3,5-7,9,14-22H,4,8,10H2,1-2H3. The second kappa shape index (κ2) is 9.86. The van der Waals surface area contributed by atoms with E-state index < -0.39 is 37.3 Å². The third-order valence-electron chi connectivity index (χ3n) is 4.13. The van der Waals surface area contributed by atoms with Gasteiger partial charge in [-0.05, 0) is 24.1 Å². The van der Waals surface area contributed by atoms with E-state index in [1.54, 1.807) is 14.2 Å². The summed E-state index contributed by atoms with van der Waals surface area (Å²) < 4.78 is 21.1. The average molecular weight is 370 g/mol. The molecule has 2 rings (SSSR count). The minimum Gasteiger partial charge on any atom is -0.493 e. The van der Waals surface area contributed by atoms with Crippen LogP contribution in [0.15, 0.2) is 24.3 Å². The Morgan fingerprint density at radius 2 is 1.77 bits per heavy atom. The van der Waals surface area contributed by atoms with E-state index >= 15 is 0 Å². The fourth-order valence-corrected chi connectivity index (χ4v) is 2.63. The summed E-state index contributed by atoms with van der Waals surface area (Å²) in [5.41, 5.74) is 0.926. The molecular weight excluding hydrogens is 344 g/mol. The van der Waals surface area contributed by atoms with Gasteiger partial charge in [0.15, 0.2) is 17.8 Å². The van der Waals surface area contributed by atoms with Gasteiger partial charge in [-0.15, -0.1) is 0 Å². The summed E-state index contributed by atoms with van der Waals surface area (Å²) in [5.74, 6) is 1.28. The lowest BCUT2D eigenvalue weighted by Gasteiger charge is -2.39. The van der Waals surface area contributed by atoms with Crippen LogP contribution in [0.3, 0.4) is 0 Å². The van der Waals surface area contributed by atoms with Crippen LogP contribution in [-0.4, -0.2) is 78.6 Å². The molecule has 1 aliphatic rings. The Balaban J connectivity index is 1.83. The largest absolute Gasteiger partial charge is 0.493 e. The van der Waals surface area contributed by atoms with Gasteiger partial charge in [-0.1, -0.05) is 18.2 Å². The number of benzene rings is 1. The van der Waals surface area contributed by atoms with Crippen LogP contribution >= 0.6 is 0 Å². The molecular formula is C18H26O8. The predicted molar refractivity (Wildman–Crippen MR) is 92.9 cm³/mol. The molecule has 8 nitrogen and oxygen atoms in total. The summed E-state index contributed by atoms with van der Waals surface area (Å²) in [6.45, 7) is -0.253. The smallest absolute Gasteiger partial charge is 0.186 e. The summed E-state index contributed by atoms with van der Waals surface area (Å²) in [6.07, 6.45) is -2.00. The molecule has 146 valence electrons. The van der Waals surface area contributed by atoms with Crippen molar-refractivity contribution in [1.82, 2.24) is 0 Å². The van der Waals surface area contributed by atoms with Gasteiger partial charge >= 0.3 is 0 Å². The molecule has 5 atom stereocenters. The number of aliphatic hydroxyl groups is 4. The van der Waals surface area contributed by atoms with Crippen molar-refractivity contribution in [2.75, 3.05) is 27.4 Å². The lowest BCUT2D eigenvalue weighted by molar-refractivity contribution is -0.300. The van der Waals surface area contributed by atoms with Gasteiger partial charge in [-0.2, -0.15) is 0 Å². The molecule has 0 radical (unpaired) electrons. The Kier molecular flexibility index (Phi) is 7.83. The quantitative estimate of drug-likeness (QED) is 0.470. The molecule has 1 aromatic carbocycles. The van der Waals surface area contributed by atoms with E-state index in [2.05, 4.69) is 0 Å². The molecule has 0 aromatic heterocycles. The lowest BCUT2D eigenvalue weighted by Crippen LogP contribution is -2.59. The predicted octanol–water partition coefficient (Wildman–Crippen LogP) is -0.0764. The van der Waals surface area contributed by atoms with Crippen molar-refractivity contribution in [2.24, 2.45) is 0 Å². The van der Waals surface area contributed by atoms with Crippen molar-refractivity contribution in [1.29, 1.82) is 0 Å². The van der Waals surface area contributed by atoms with Gasteiger partial charge in [0.05, 0.1) is 27.4 Å². The number of hydrogen-bond acceptors (Lipinski definition) is 8. The minimum atomic E-state index is -1.44. The SMILES string of the molecule is COc1ccc(C=CCCOC2OC(CO)C(O)C(O)C2O)cc1OC. The monoisotopic (exact) mass is 370 g/mol. The Morgan fingerprint density at radius 1 is 1.04 bits per heavy atom. The summed E-state index contributed by atoms with van der Waals surface area (Å²) in [7, 11) is 3.14. The first-order valence-electron chi connectivity index (χ1n) is 8.32. The number of methoxy groups -OCH3 is 2. The van der Waals surface area contributed by atoms with Crippen LogP contribution in [0.4, 0.5) is 0 Å². The lowest BCUT2D eigenvalue weighted by atomic mass is 9.99. The topological polar surface area (TPSA) is 118 Å². The maximum absolute atomic E-state index is 9.88. The van der Waals surface area contributed by atoms with Crippen molar-refractivity contribution >= 4 is 6.08 Å². The Bertz CT molecular complexity index is 589. The van der Waals surface area contributed by atoms with E-state index in [0.29, 0.717) is 17.9 Å². The first-order valence-corrected chi connectivity index (χ1v) is 8.32. The van der Waals surface area contributed by atoms with E-state index in [-0.39, 0.29) is 6.61 Å². The zero-order chi connectivity index (χ0) is 19.1. The first kappa shape index (κ1) is 20.6. The fourth-order valence-electron chi connectivity index (χ4n) is 2.63. The van der Waals surface area contributed by atoms with Crippen molar-refractivity contribution in [3.8, 4) is 11.5 Å². The molecule has 0 aliphatic carbocycles. The van der Waals surface area contributed by atoms with Gasteiger partial charge in [0.25, 0.3) is 0 Å². The third-order valence-corrected chi connectivity index (χ3v) is 4.13. The number of hydrogen-bond donors (Lipinski definition) is 4. The van der Waals surface area contributed by atoms with Gasteiger partial charge in [0.2, 0.25) is 0 Å². The van der Waals surface area contributed by atoms with Crippen LogP contribution in [0.5, 0.6) is 11.5 Å². The zero-order valence-electron chi connectivity index (χ0n) is 14.8. The van der Waals surface area contributed by atoms with E-state index in [1.807, 2.05) is 30.4 Å². The minimum absolute atomic E-state index is 0.229. The van der Waals surface area contributed by atoms with Gasteiger partial charge in [-0.3, -0.25) is 0 Å². The van der Waals surface area contributed by atoms with Crippen LogP contribution in [-0.2, 0) is 9.47 Å². The summed E-state index contributed by atoms with van der Waals surface area (Å²) >= 11 is 0. The van der Waals surface area contributed by atoms with Crippen molar-refractivity contribution in [3.63, 3.8) is 0 Å². The molecule has 26 heavy (non-hydrogen) atoms. The molecule has 0 saturated carbocycles. The van der Waals surface area contributed by atoms with Gasteiger partial charge in [0, 0.05) is 0 Å².